The molecule has 10 heteroatoms. The molecule has 0 aliphatic heterocycles. The fraction of sp³-hybridized carbons (Fsp3) is 0.409. The fourth-order valence-corrected chi connectivity index (χ4v) is 3.26. The molecule has 0 saturated heterocycles. The zero-order chi connectivity index (χ0) is 23.5. The lowest BCUT2D eigenvalue weighted by molar-refractivity contribution is -0.138. The van der Waals surface area contributed by atoms with Crippen LogP contribution in [0.3, 0.4) is 0 Å². The maximum absolute atomic E-state index is 13.8. The van der Waals surface area contributed by atoms with Crippen molar-refractivity contribution in [2.24, 2.45) is 4.99 Å². The third-order valence-electron chi connectivity index (χ3n) is 4.92. The molecule has 1 aromatic carbocycles. The van der Waals surface area contributed by atoms with E-state index in [4.69, 9.17) is 4.52 Å². The number of halogens is 3. The molecular formula is C22H27F3N6O. The Bertz CT molecular complexity index is 1100. The summed E-state index contributed by atoms with van der Waals surface area (Å²) in [5.74, 6) is 1.20. The Balaban J connectivity index is 1.73. The SMILES string of the molecule is CN=C(NCc1cc(C(C)C)no1)NCc1ccc(-n2nc(C)cc2C)cc1C(F)(F)F. The van der Waals surface area contributed by atoms with Crippen molar-refractivity contribution in [3.05, 3.63) is 64.3 Å². The van der Waals surface area contributed by atoms with E-state index in [2.05, 4.69) is 25.9 Å². The third-order valence-corrected chi connectivity index (χ3v) is 4.92. The van der Waals surface area contributed by atoms with Crippen LogP contribution in [0.25, 0.3) is 5.69 Å². The lowest BCUT2D eigenvalue weighted by atomic mass is 10.1. The second kappa shape index (κ2) is 9.46. The second-order valence-corrected chi connectivity index (χ2v) is 7.83. The van der Waals surface area contributed by atoms with Gasteiger partial charge in [-0.05, 0) is 43.5 Å². The quantitative estimate of drug-likeness (QED) is 0.429. The van der Waals surface area contributed by atoms with Gasteiger partial charge < -0.3 is 15.2 Å². The molecule has 2 heterocycles. The second-order valence-electron chi connectivity index (χ2n) is 7.83. The molecular weight excluding hydrogens is 421 g/mol. The standard InChI is InChI=1S/C22H27F3N6O/c1-13(2)20-10-18(32-30-20)12-28-21(26-5)27-11-16-6-7-17(9-19(16)22(23,24)25)31-15(4)8-14(3)29-31/h6-10,13H,11-12H2,1-5H3,(H2,26,27,28). The number of aryl methyl sites for hydroxylation is 2. The van der Waals surface area contributed by atoms with Crippen LogP contribution in [0, 0.1) is 13.8 Å². The highest BCUT2D eigenvalue weighted by atomic mass is 19.4. The number of guanidine groups is 1. The highest BCUT2D eigenvalue weighted by molar-refractivity contribution is 5.79. The minimum atomic E-state index is -4.51. The maximum atomic E-state index is 13.8. The topological polar surface area (TPSA) is 80.3 Å². The lowest BCUT2D eigenvalue weighted by Crippen LogP contribution is -2.36. The lowest BCUT2D eigenvalue weighted by Gasteiger charge is -2.17. The molecule has 172 valence electrons. The van der Waals surface area contributed by atoms with Crippen LogP contribution < -0.4 is 10.6 Å². The van der Waals surface area contributed by atoms with Gasteiger partial charge in [-0.1, -0.05) is 25.1 Å². The molecule has 32 heavy (non-hydrogen) atoms. The molecule has 0 unspecified atom stereocenters. The molecule has 3 aromatic rings. The number of aromatic nitrogens is 3. The van der Waals surface area contributed by atoms with E-state index in [1.165, 1.54) is 10.7 Å². The van der Waals surface area contributed by atoms with Crippen molar-refractivity contribution in [3.63, 3.8) is 0 Å². The zero-order valence-corrected chi connectivity index (χ0v) is 18.7. The Kier molecular flexibility index (Phi) is 6.90. The highest BCUT2D eigenvalue weighted by Gasteiger charge is 2.34. The molecule has 0 fully saturated rings. The summed E-state index contributed by atoms with van der Waals surface area (Å²) in [6.07, 6.45) is -4.51. The molecule has 0 aliphatic rings. The molecule has 2 aromatic heterocycles. The molecule has 0 saturated carbocycles. The highest BCUT2D eigenvalue weighted by Crippen LogP contribution is 2.33. The van der Waals surface area contributed by atoms with E-state index < -0.39 is 11.7 Å². The van der Waals surface area contributed by atoms with E-state index in [0.29, 0.717) is 24.0 Å². The summed E-state index contributed by atoms with van der Waals surface area (Å²) in [4.78, 5) is 4.07. The first kappa shape index (κ1) is 23.4. The van der Waals surface area contributed by atoms with Gasteiger partial charge in [0.1, 0.15) is 0 Å². The van der Waals surface area contributed by atoms with E-state index in [1.807, 2.05) is 26.0 Å². The summed E-state index contributed by atoms with van der Waals surface area (Å²) in [5, 5.41) is 14.2. The Morgan fingerprint density at radius 3 is 2.41 bits per heavy atom. The fourth-order valence-electron chi connectivity index (χ4n) is 3.26. The van der Waals surface area contributed by atoms with Gasteiger partial charge in [0.2, 0.25) is 0 Å². The van der Waals surface area contributed by atoms with E-state index in [-0.39, 0.29) is 18.0 Å². The van der Waals surface area contributed by atoms with E-state index in [0.717, 1.165) is 23.1 Å². The van der Waals surface area contributed by atoms with Gasteiger partial charge in [0, 0.05) is 25.4 Å². The summed E-state index contributed by atoms with van der Waals surface area (Å²) in [6, 6.07) is 7.86. The van der Waals surface area contributed by atoms with E-state index in [1.54, 1.807) is 27.0 Å². The van der Waals surface area contributed by atoms with Crippen LogP contribution in [-0.4, -0.2) is 27.9 Å². The Labute approximate surface area is 184 Å². The summed E-state index contributed by atoms with van der Waals surface area (Å²) < 4.78 is 48.1. The first-order chi connectivity index (χ1) is 15.1. The first-order valence-electron chi connectivity index (χ1n) is 10.2. The number of alkyl halides is 3. The number of nitrogens with one attached hydrogen (secondary N) is 2. The molecule has 0 spiro atoms. The number of rotatable bonds is 6. The van der Waals surface area contributed by atoms with Crippen molar-refractivity contribution in [3.8, 4) is 5.69 Å². The van der Waals surface area contributed by atoms with Gasteiger partial charge in [0.25, 0.3) is 0 Å². The first-order valence-corrected chi connectivity index (χ1v) is 10.2. The van der Waals surface area contributed by atoms with Crippen LogP contribution in [0.5, 0.6) is 0 Å². The Morgan fingerprint density at radius 2 is 1.84 bits per heavy atom. The van der Waals surface area contributed by atoms with Crippen molar-refractivity contribution < 1.29 is 17.7 Å². The normalized spacial score (nSPS) is 12.5. The van der Waals surface area contributed by atoms with Gasteiger partial charge >= 0.3 is 6.18 Å². The predicted molar refractivity (Wildman–Crippen MR) is 116 cm³/mol. The van der Waals surface area contributed by atoms with Crippen molar-refractivity contribution in [1.82, 2.24) is 25.6 Å². The van der Waals surface area contributed by atoms with Crippen molar-refractivity contribution in [2.45, 2.75) is 52.9 Å². The van der Waals surface area contributed by atoms with Crippen LogP contribution in [0.1, 0.15) is 53.7 Å². The van der Waals surface area contributed by atoms with Gasteiger partial charge in [0.05, 0.1) is 29.2 Å². The smallest absolute Gasteiger partial charge is 0.359 e. The number of aliphatic imine (C=N–C) groups is 1. The zero-order valence-electron chi connectivity index (χ0n) is 18.7. The van der Waals surface area contributed by atoms with Crippen LogP contribution in [0.2, 0.25) is 0 Å². The van der Waals surface area contributed by atoms with E-state index in [9.17, 15) is 13.2 Å². The molecule has 0 radical (unpaired) electrons. The van der Waals surface area contributed by atoms with Crippen LogP contribution in [-0.2, 0) is 19.3 Å². The molecule has 0 bridgehead atoms. The molecule has 0 aliphatic carbocycles. The minimum absolute atomic E-state index is 0.0560. The molecule has 2 N–H and O–H groups in total. The van der Waals surface area contributed by atoms with Crippen molar-refractivity contribution >= 4 is 5.96 Å². The van der Waals surface area contributed by atoms with Gasteiger partial charge in [-0.2, -0.15) is 18.3 Å². The summed E-state index contributed by atoms with van der Waals surface area (Å²) in [5.41, 5.74) is 2.08. The number of nitrogens with zero attached hydrogens (tertiary/aromatic N) is 4. The van der Waals surface area contributed by atoms with Gasteiger partial charge in [0.15, 0.2) is 11.7 Å². The number of benzene rings is 1. The molecule has 3 rings (SSSR count). The van der Waals surface area contributed by atoms with Crippen molar-refractivity contribution in [1.29, 1.82) is 0 Å². The monoisotopic (exact) mass is 448 g/mol. The van der Waals surface area contributed by atoms with Crippen LogP contribution in [0.15, 0.2) is 39.8 Å². The molecule has 0 amide bonds. The van der Waals surface area contributed by atoms with Gasteiger partial charge in [-0.25, -0.2) is 4.68 Å². The minimum Gasteiger partial charge on any atom is -0.359 e. The summed E-state index contributed by atoms with van der Waals surface area (Å²) in [6.45, 7) is 7.87. The average Bonchev–Trinajstić information content (AvgIpc) is 3.33. The maximum Gasteiger partial charge on any atom is 0.416 e. The van der Waals surface area contributed by atoms with E-state index >= 15 is 0 Å². The van der Waals surface area contributed by atoms with Crippen molar-refractivity contribution in [2.75, 3.05) is 7.05 Å². The largest absolute Gasteiger partial charge is 0.416 e. The third kappa shape index (κ3) is 5.49. The number of hydrogen-bond donors (Lipinski definition) is 2. The number of hydrogen-bond acceptors (Lipinski definition) is 4. The van der Waals surface area contributed by atoms with Crippen LogP contribution >= 0.6 is 0 Å². The predicted octanol–water partition coefficient (Wildman–Crippen LogP) is 4.48. The Hall–Kier alpha value is -3.30. The Morgan fingerprint density at radius 1 is 1.12 bits per heavy atom. The average molecular weight is 448 g/mol. The summed E-state index contributed by atoms with van der Waals surface area (Å²) >= 11 is 0. The van der Waals surface area contributed by atoms with Gasteiger partial charge in [-0.15, -0.1) is 0 Å². The van der Waals surface area contributed by atoms with Crippen LogP contribution in [0.4, 0.5) is 13.2 Å². The molecule has 0 atom stereocenters. The van der Waals surface area contributed by atoms with Gasteiger partial charge in [-0.3, -0.25) is 4.99 Å². The summed E-state index contributed by atoms with van der Waals surface area (Å²) in [7, 11) is 1.55. The molecule has 7 nitrogen and oxygen atoms in total.